The number of anilines is 2. The minimum atomic E-state index is 0.133. The van der Waals surface area contributed by atoms with Crippen LogP contribution < -0.4 is 4.90 Å². The number of aryl methyl sites for hydroxylation is 3. The molecule has 0 aliphatic heterocycles. The summed E-state index contributed by atoms with van der Waals surface area (Å²) in [6, 6.07) is 11.8. The Morgan fingerprint density at radius 3 is 1.54 bits per heavy atom. The van der Waals surface area contributed by atoms with Gasteiger partial charge in [0.25, 0.3) is 0 Å². The summed E-state index contributed by atoms with van der Waals surface area (Å²) in [6.07, 6.45) is 0. The van der Waals surface area contributed by atoms with Gasteiger partial charge in [-0.3, -0.25) is 0 Å². The van der Waals surface area contributed by atoms with Gasteiger partial charge in [-0.05, 0) is 84.5 Å². The van der Waals surface area contributed by atoms with Gasteiger partial charge in [-0.2, -0.15) is 0 Å². The van der Waals surface area contributed by atoms with E-state index in [2.05, 4.69) is 104 Å². The zero-order chi connectivity index (χ0) is 19.9. The quantitative estimate of drug-likeness (QED) is 0.558. The van der Waals surface area contributed by atoms with Crippen LogP contribution in [-0.2, 0) is 10.8 Å². The standard InChI is InChI=1S/C25H37N/c1-11-26(23-13-18(3)17(2)12-19(23)4)22-15-20(24(5,6)7)14-21(16-22)25(8,9)10/h12-16H,11H2,1-10H3. The maximum atomic E-state index is 2.46. The van der Waals surface area contributed by atoms with Crippen LogP contribution in [0, 0.1) is 20.8 Å². The van der Waals surface area contributed by atoms with Crippen LogP contribution in [0.5, 0.6) is 0 Å². The summed E-state index contributed by atoms with van der Waals surface area (Å²) in [7, 11) is 0. The SMILES string of the molecule is CCN(c1cc(C(C)(C)C)cc(C(C)(C)C)c1)c1cc(C)c(C)cc1C. The van der Waals surface area contributed by atoms with E-state index in [9.17, 15) is 0 Å². The molecule has 0 bridgehead atoms. The van der Waals surface area contributed by atoms with Crippen LogP contribution >= 0.6 is 0 Å². The Hall–Kier alpha value is -1.76. The van der Waals surface area contributed by atoms with Crippen LogP contribution in [0.2, 0.25) is 0 Å². The Morgan fingerprint density at radius 2 is 1.12 bits per heavy atom. The summed E-state index contributed by atoms with van der Waals surface area (Å²) in [5, 5.41) is 0. The molecule has 2 aromatic rings. The van der Waals surface area contributed by atoms with Crippen LogP contribution in [0.4, 0.5) is 11.4 Å². The lowest BCUT2D eigenvalue weighted by atomic mass is 9.80. The second-order valence-corrected chi connectivity index (χ2v) is 9.74. The average molecular weight is 352 g/mol. The van der Waals surface area contributed by atoms with Gasteiger partial charge in [0, 0.05) is 17.9 Å². The fraction of sp³-hybridized carbons (Fsp3) is 0.520. The van der Waals surface area contributed by atoms with Gasteiger partial charge in [-0.1, -0.05) is 53.7 Å². The molecule has 0 N–H and O–H groups in total. The highest BCUT2D eigenvalue weighted by atomic mass is 15.1. The molecule has 26 heavy (non-hydrogen) atoms. The van der Waals surface area contributed by atoms with E-state index in [1.165, 1.54) is 39.2 Å². The van der Waals surface area contributed by atoms with Crippen LogP contribution in [-0.4, -0.2) is 6.54 Å². The third-order valence-corrected chi connectivity index (χ3v) is 5.38. The predicted octanol–water partition coefficient (Wildman–Crippen LogP) is 7.36. The molecule has 0 aliphatic rings. The Kier molecular flexibility index (Phi) is 5.61. The topological polar surface area (TPSA) is 3.24 Å². The summed E-state index contributed by atoms with van der Waals surface area (Å²) < 4.78 is 0. The molecule has 0 aromatic heterocycles. The van der Waals surface area contributed by atoms with E-state index in [1.807, 2.05) is 0 Å². The number of benzene rings is 2. The zero-order valence-electron chi connectivity index (χ0n) is 18.5. The molecule has 0 atom stereocenters. The van der Waals surface area contributed by atoms with Gasteiger partial charge in [-0.25, -0.2) is 0 Å². The lowest BCUT2D eigenvalue weighted by Crippen LogP contribution is -2.22. The molecule has 0 amide bonds. The molecule has 0 fully saturated rings. The van der Waals surface area contributed by atoms with Crippen molar-refractivity contribution in [3.05, 3.63) is 58.1 Å². The summed E-state index contributed by atoms with van der Waals surface area (Å²) in [4.78, 5) is 2.46. The molecule has 0 heterocycles. The van der Waals surface area contributed by atoms with E-state index in [1.54, 1.807) is 0 Å². The van der Waals surface area contributed by atoms with Crippen molar-refractivity contribution in [1.29, 1.82) is 0 Å². The van der Waals surface area contributed by atoms with Crippen LogP contribution in [0.15, 0.2) is 30.3 Å². The highest BCUT2D eigenvalue weighted by molar-refractivity contribution is 5.69. The highest BCUT2D eigenvalue weighted by Crippen LogP contribution is 2.37. The largest absolute Gasteiger partial charge is 0.342 e. The van der Waals surface area contributed by atoms with Crippen molar-refractivity contribution in [2.24, 2.45) is 0 Å². The van der Waals surface area contributed by atoms with Gasteiger partial charge in [0.15, 0.2) is 0 Å². The lowest BCUT2D eigenvalue weighted by molar-refractivity contribution is 0.568. The van der Waals surface area contributed by atoms with E-state index in [0.717, 1.165) is 6.54 Å². The Balaban J connectivity index is 2.70. The third-order valence-electron chi connectivity index (χ3n) is 5.38. The second-order valence-electron chi connectivity index (χ2n) is 9.74. The number of hydrogen-bond donors (Lipinski definition) is 0. The van der Waals surface area contributed by atoms with Gasteiger partial charge in [0.1, 0.15) is 0 Å². The minimum Gasteiger partial charge on any atom is -0.342 e. The summed E-state index contributed by atoms with van der Waals surface area (Å²) >= 11 is 0. The maximum Gasteiger partial charge on any atom is 0.0443 e. The summed E-state index contributed by atoms with van der Waals surface area (Å²) in [6.45, 7) is 23.6. The molecule has 0 radical (unpaired) electrons. The van der Waals surface area contributed by atoms with Gasteiger partial charge < -0.3 is 4.90 Å². The van der Waals surface area contributed by atoms with Crippen molar-refractivity contribution in [1.82, 2.24) is 0 Å². The van der Waals surface area contributed by atoms with Crippen molar-refractivity contribution in [2.45, 2.75) is 80.1 Å². The van der Waals surface area contributed by atoms with E-state index in [-0.39, 0.29) is 10.8 Å². The molecule has 0 aliphatic carbocycles. The Labute approximate surface area is 161 Å². The Bertz CT molecular complexity index is 753. The zero-order valence-corrected chi connectivity index (χ0v) is 18.5. The van der Waals surface area contributed by atoms with Crippen molar-refractivity contribution in [2.75, 3.05) is 11.4 Å². The fourth-order valence-corrected chi connectivity index (χ4v) is 3.36. The smallest absolute Gasteiger partial charge is 0.0443 e. The molecule has 2 rings (SSSR count). The number of rotatable bonds is 3. The van der Waals surface area contributed by atoms with E-state index >= 15 is 0 Å². The normalized spacial score (nSPS) is 12.4. The number of hydrogen-bond acceptors (Lipinski definition) is 1. The summed E-state index contributed by atoms with van der Waals surface area (Å²) in [5.74, 6) is 0. The first-order valence-electron chi connectivity index (χ1n) is 9.86. The van der Waals surface area contributed by atoms with Crippen LogP contribution in [0.3, 0.4) is 0 Å². The Morgan fingerprint density at radius 1 is 0.654 bits per heavy atom. The predicted molar refractivity (Wildman–Crippen MR) is 117 cm³/mol. The molecule has 0 saturated heterocycles. The van der Waals surface area contributed by atoms with Gasteiger partial charge in [0.2, 0.25) is 0 Å². The van der Waals surface area contributed by atoms with E-state index in [0.29, 0.717) is 0 Å². The average Bonchev–Trinajstić information content (AvgIpc) is 2.51. The molecule has 1 heteroatoms. The maximum absolute atomic E-state index is 2.46. The first kappa shape index (κ1) is 20.6. The van der Waals surface area contributed by atoms with Crippen molar-refractivity contribution in [3.8, 4) is 0 Å². The molecular formula is C25H37N. The van der Waals surface area contributed by atoms with Crippen molar-refractivity contribution in [3.63, 3.8) is 0 Å². The van der Waals surface area contributed by atoms with E-state index < -0.39 is 0 Å². The molecule has 0 saturated carbocycles. The molecule has 1 nitrogen and oxygen atoms in total. The lowest BCUT2D eigenvalue weighted by Gasteiger charge is -2.31. The minimum absolute atomic E-state index is 0.133. The van der Waals surface area contributed by atoms with Gasteiger partial charge in [-0.15, -0.1) is 0 Å². The highest BCUT2D eigenvalue weighted by Gasteiger charge is 2.22. The van der Waals surface area contributed by atoms with E-state index in [4.69, 9.17) is 0 Å². The first-order valence-corrected chi connectivity index (χ1v) is 9.86. The van der Waals surface area contributed by atoms with Crippen molar-refractivity contribution < 1.29 is 0 Å². The number of nitrogens with zero attached hydrogens (tertiary/aromatic N) is 1. The molecule has 2 aromatic carbocycles. The molecule has 142 valence electrons. The van der Waals surface area contributed by atoms with Crippen LogP contribution in [0.25, 0.3) is 0 Å². The molecule has 0 spiro atoms. The molecule has 0 unspecified atom stereocenters. The first-order chi connectivity index (χ1) is 11.8. The molecular weight excluding hydrogens is 314 g/mol. The summed E-state index contributed by atoms with van der Waals surface area (Å²) in [5.41, 5.74) is 9.75. The van der Waals surface area contributed by atoms with Crippen LogP contribution in [0.1, 0.15) is 76.3 Å². The monoisotopic (exact) mass is 351 g/mol. The van der Waals surface area contributed by atoms with Crippen molar-refractivity contribution >= 4 is 11.4 Å². The van der Waals surface area contributed by atoms with Gasteiger partial charge >= 0.3 is 0 Å². The fourth-order valence-electron chi connectivity index (χ4n) is 3.36. The second kappa shape index (κ2) is 7.10. The third kappa shape index (κ3) is 4.31. The van der Waals surface area contributed by atoms with Gasteiger partial charge in [0.05, 0.1) is 0 Å².